The fourth-order valence-electron chi connectivity index (χ4n) is 1.82. The van der Waals surface area contributed by atoms with Gasteiger partial charge in [-0.05, 0) is 31.5 Å². The third kappa shape index (κ3) is 4.17. The maximum Gasteiger partial charge on any atom is 0.224 e. The van der Waals surface area contributed by atoms with Crippen molar-refractivity contribution >= 4 is 21.7 Å². The molecule has 21 heavy (non-hydrogen) atoms. The molecule has 0 aliphatic rings. The van der Waals surface area contributed by atoms with E-state index >= 15 is 0 Å². The Balaban J connectivity index is 2.36. The van der Waals surface area contributed by atoms with Gasteiger partial charge in [-0.2, -0.15) is 4.98 Å². The van der Waals surface area contributed by atoms with Crippen LogP contribution in [-0.4, -0.2) is 16.5 Å². The number of benzene rings is 1. The van der Waals surface area contributed by atoms with E-state index in [0.29, 0.717) is 5.88 Å². The molecule has 0 amide bonds. The normalized spacial score (nSPS) is 10.8. The molecule has 0 fully saturated rings. The summed E-state index contributed by atoms with van der Waals surface area (Å²) in [4.78, 5) is 8.99. The van der Waals surface area contributed by atoms with E-state index < -0.39 is 0 Å². The molecule has 0 saturated carbocycles. The maximum atomic E-state index is 5.95. The second-order valence-corrected chi connectivity index (χ2v) is 6.06. The molecule has 1 heterocycles. The Hall–Kier alpha value is -1.62. The van der Waals surface area contributed by atoms with Gasteiger partial charge in [0.05, 0.1) is 0 Å². The highest BCUT2D eigenvalue weighted by Gasteiger charge is 2.10. The first kappa shape index (κ1) is 15.8. The maximum absolute atomic E-state index is 5.95. The minimum absolute atomic E-state index is 0.245. The van der Waals surface area contributed by atoms with E-state index in [1.807, 2.05) is 38.1 Å². The number of nitrogens with zero attached hydrogens (tertiary/aromatic N) is 2. The summed E-state index contributed by atoms with van der Waals surface area (Å²) < 4.78 is 6.93. The van der Waals surface area contributed by atoms with Crippen molar-refractivity contribution in [2.24, 2.45) is 0 Å². The third-order valence-electron chi connectivity index (χ3n) is 2.96. The molecular formula is C16H20BrN3O. The molecular weight excluding hydrogens is 330 g/mol. The van der Waals surface area contributed by atoms with Gasteiger partial charge < -0.3 is 10.1 Å². The minimum Gasteiger partial charge on any atom is -0.439 e. The Labute approximate surface area is 134 Å². The molecule has 2 rings (SSSR count). The van der Waals surface area contributed by atoms with Crippen LogP contribution in [0.5, 0.6) is 11.6 Å². The Kier molecular flexibility index (Phi) is 5.17. The van der Waals surface area contributed by atoms with E-state index in [1.54, 1.807) is 0 Å². The van der Waals surface area contributed by atoms with Gasteiger partial charge in [-0.25, -0.2) is 4.98 Å². The van der Waals surface area contributed by atoms with Gasteiger partial charge in [0.15, 0.2) is 0 Å². The van der Waals surface area contributed by atoms with Crippen molar-refractivity contribution in [3.63, 3.8) is 0 Å². The van der Waals surface area contributed by atoms with Crippen LogP contribution in [0.4, 0.5) is 5.82 Å². The van der Waals surface area contributed by atoms with Gasteiger partial charge in [0.2, 0.25) is 5.88 Å². The largest absolute Gasteiger partial charge is 0.439 e. The summed E-state index contributed by atoms with van der Waals surface area (Å²) >= 11 is 3.46. The monoisotopic (exact) mass is 349 g/mol. The number of halogens is 1. The van der Waals surface area contributed by atoms with E-state index in [9.17, 15) is 0 Å². The van der Waals surface area contributed by atoms with Crippen LogP contribution in [0.15, 0.2) is 28.7 Å². The van der Waals surface area contributed by atoms with Crippen LogP contribution in [0.3, 0.4) is 0 Å². The van der Waals surface area contributed by atoms with Gasteiger partial charge in [0.25, 0.3) is 0 Å². The van der Waals surface area contributed by atoms with Crippen molar-refractivity contribution in [2.75, 3.05) is 11.9 Å². The molecule has 0 aliphatic carbocycles. The Morgan fingerprint density at radius 1 is 1.24 bits per heavy atom. The van der Waals surface area contributed by atoms with E-state index in [0.717, 1.165) is 34.0 Å². The SMILES string of the molecule is CCNc1cc(Oc2cc(Br)ccc2C)nc(C(C)C)n1. The first-order chi connectivity index (χ1) is 9.99. The molecule has 0 unspecified atom stereocenters. The van der Waals surface area contributed by atoms with Crippen LogP contribution in [0, 0.1) is 6.92 Å². The summed E-state index contributed by atoms with van der Waals surface area (Å²) in [6, 6.07) is 7.77. The number of aryl methyl sites for hydroxylation is 1. The number of nitrogens with one attached hydrogen (secondary N) is 1. The number of aromatic nitrogens is 2. The highest BCUT2D eigenvalue weighted by Crippen LogP contribution is 2.28. The number of ether oxygens (including phenoxy) is 1. The van der Waals surface area contributed by atoms with Crippen molar-refractivity contribution < 1.29 is 4.74 Å². The summed E-state index contributed by atoms with van der Waals surface area (Å²) in [6.07, 6.45) is 0. The fourth-order valence-corrected chi connectivity index (χ4v) is 2.16. The topological polar surface area (TPSA) is 47.0 Å². The summed E-state index contributed by atoms with van der Waals surface area (Å²) in [5.41, 5.74) is 1.06. The summed E-state index contributed by atoms with van der Waals surface area (Å²) in [5.74, 6) is 3.16. The van der Waals surface area contributed by atoms with Gasteiger partial charge in [0, 0.05) is 23.0 Å². The van der Waals surface area contributed by atoms with Crippen LogP contribution in [0.1, 0.15) is 38.1 Å². The lowest BCUT2D eigenvalue weighted by Crippen LogP contribution is -2.06. The summed E-state index contributed by atoms with van der Waals surface area (Å²) in [7, 11) is 0. The van der Waals surface area contributed by atoms with Gasteiger partial charge >= 0.3 is 0 Å². The van der Waals surface area contributed by atoms with Gasteiger partial charge in [-0.15, -0.1) is 0 Å². The lowest BCUT2D eigenvalue weighted by Gasteiger charge is -2.13. The first-order valence-electron chi connectivity index (χ1n) is 7.06. The molecule has 4 nitrogen and oxygen atoms in total. The zero-order chi connectivity index (χ0) is 15.4. The van der Waals surface area contributed by atoms with Crippen molar-refractivity contribution in [3.05, 3.63) is 40.1 Å². The predicted molar refractivity (Wildman–Crippen MR) is 89.2 cm³/mol. The quantitative estimate of drug-likeness (QED) is 0.834. The molecule has 112 valence electrons. The average molecular weight is 350 g/mol. The number of hydrogen-bond donors (Lipinski definition) is 1. The molecule has 1 N–H and O–H groups in total. The molecule has 0 bridgehead atoms. The third-order valence-corrected chi connectivity index (χ3v) is 3.45. The summed E-state index contributed by atoms with van der Waals surface area (Å²) in [6.45, 7) is 9.00. The molecule has 1 aromatic carbocycles. The molecule has 0 spiro atoms. The average Bonchev–Trinajstić information content (AvgIpc) is 2.43. The minimum atomic E-state index is 0.245. The van der Waals surface area contributed by atoms with Crippen LogP contribution in [-0.2, 0) is 0 Å². The van der Waals surface area contributed by atoms with Gasteiger partial charge in [-0.3, -0.25) is 0 Å². The van der Waals surface area contributed by atoms with E-state index in [-0.39, 0.29) is 5.92 Å². The molecule has 0 saturated heterocycles. The van der Waals surface area contributed by atoms with E-state index in [4.69, 9.17) is 4.74 Å². The van der Waals surface area contributed by atoms with Crippen LogP contribution >= 0.6 is 15.9 Å². The Bertz CT molecular complexity index is 629. The van der Waals surface area contributed by atoms with E-state index in [1.165, 1.54) is 0 Å². The standard InChI is InChI=1S/C16H20BrN3O/c1-5-18-14-9-15(20-16(19-14)10(2)3)21-13-8-12(17)7-6-11(13)4/h6-10H,5H2,1-4H3,(H,18,19,20). The predicted octanol–water partition coefficient (Wildman–Crippen LogP) is 4.90. The lowest BCUT2D eigenvalue weighted by molar-refractivity contribution is 0.453. The summed E-state index contributed by atoms with van der Waals surface area (Å²) in [5, 5.41) is 3.21. The number of anilines is 1. The van der Waals surface area contributed by atoms with Crippen LogP contribution in [0.2, 0.25) is 0 Å². The smallest absolute Gasteiger partial charge is 0.224 e. The Morgan fingerprint density at radius 2 is 2.00 bits per heavy atom. The second kappa shape index (κ2) is 6.89. The Morgan fingerprint density at radius 3 is 2.67 bits per heavy atom. The molecule has 1 aromatic heterocycles. The molecule has 0 radical (unpaired) electrons. The van der Waals surface area contributed by atoms with Crippen molar-refractivity contribution in [1.29, 1.82) is 0 Å². The number of rotatable bonds is 5. The van der Waals surface area contributed by atoms with Gasteiger partial charge in [0.1, 0.15) is 17.4 Å². The second-order valence-electron chi connectivity index (χ2n) is 5.15. The molecule has 0 aliphatic heterocycles. The van der Waals surface area contributed by atoms with Crippen molar-refractivity contribution in [3.8, 4) is 11.6 Å². The van der Waals surface area contributed by atoms with E-state index in [2.05, 4.69) is 45.1 Å². The molecule has 2 aromatic rings. The fraction of sp³-hybridized carbons (Fsp3) is 0.375. The lowest BCUT2D eigenvalue weighted by atomic mass is 10.2. The zero-order valence-electron chi connectivity index (χ0n) is 12.8. The highest BCUT2D eigenvalue weighted by atomic mass is 79.9. The van der Waals surface area contributed by atoms with Crippen LogP contribution in [0.25, 0.3) is 0 Å². The first-order valence-corrected chi connectivity index (χ1v) is 7.85. The molecule has 0 atom stereocenters. The zero-order valence-corrected chi connectivity index (χ0v) is 14.4. The highest BCUT2D eigenvalue weighted by molar-refractivity contribution is 9.10. The van der Waals surface area contributed by atoms with Crippen LogP contribution < -0.4 is 10.1 Å². The van der Waals surface area contributed by atoms with Crippen molar-refractivity contribution in [2.45, 2.75) is 33.6 Å². The molecule has 5 heteroatoms. The number of hydrogen-bond acceptors (Lipinski definition) is 4. The van der Waals surface area contributed by atoms with Crippen molar-refractivity contribution in [1.82, 2.24) is 9.97 Å². The van der Waals surface area contributed by atoms with Gasteiger partial charge in [-0.1, -0.05) is 35.8 Å².